The molecule has 1 saturated carbocycles. The molecule has 1 rings (SSSR count). The summed E-state index contributed by atoms with van der Waals surface area (Å²) >= 11 is 0. The van der Waals surface area contributed by atoms with Gasteiger partial charge in [0.25, 0.3) is 0 Å². The summed E-state index contributed by atoms with van der Waals surface area (Å²) in [6.07, 6.45) is 4.52. The third kappa shape index (κ3) is 3.51. The first-order valence-electron chi connectivity index (χ1n) is 5.78. The minimum Gasteiger partial charge on any atom is -0.358 e. The van der Waals surface area contributed by atoms with E-state index in [2.05, 4.69) is 31.4 Å². The van der Waals surface area contributed by atoms with E-state index in [1.807, 2.05) is 0 Å². The van der Waals surface area contributed by atoms with E-state index in [4.69, 9.17) is 0 Å². The van der Waals surface area contributed by atoms with Crippen molar-refractivity contribution in [3.05, 3.63) is 0 Å². The molecule has 0 aromatic rings. The van der Waals surface area contributed by atoms with Gasteiger partial charge in [-0.1, -0.05) is 20.8 Å². The van der Waals surface area contributed by atoms with Gasteiger partial charge in [0.05, 0.1) is 0 Å². The van der Waals surface area contributed by atoms with Gasteiger partial charge >= 0.3 is 0 Å². The first-order valence-corrected chi connectivity index (χ1v) is 5.78. The molecule has 0 aromatic carbocycles. The van der Waals surface area contributed by atoms with Crippen LogP contribution in [0.5, 0.6) is 0 Å². The van der Waals surface area contributed by atoms with Crippen LogP contribution in [0.4, 0.5) is 0 Å². The van der Waals surface area contributed by atoms with Gasteiger partial charge in [-0.15, -0.1) is 0 Å². The second kappa shape index (κ2) is 4.85. The molecular weight excluding hydrogens is 204 g/mol. The molecule has 2 atom stereocenters. The van der Waals surface area contributed by atoms with Crippen molar-refractivity contribution in [2.45, 2.75) is 46.1 Å². The molecule has 0 aromatic heterocycles. The fourth-order valence-electron chi connectivity index (χ4n) is 3.27. The average Bonchev–Trinajstić information content (AvgIpc) is 2.12. The topological polar surface area (TPSA) is 58.2 Å². The Balaban J connectivity index is 2.69. The van der Waals surface area contributed by atoms with Gasteiger partial charge in [0.2, 0.25) is 12.8 Å². The highest BCUT2D eigenvalue weighted by Gasteiger charge is 2.40. The zero-order chi connectivity index (χ0) is 12.2. The first-order chi connectivity index (χ1) is 7.41. The molecule has 2 amide bonds. The minimum atomic E-state index is 0.0728. The van der Waals surface area contributed by atoms with Gasteiger partial charge in [0.15, 0.2) is 0 Å². The van der Waals surface area contributed by atoms with Crippen molar-refractivity contribution in [3.63, 3.8) is 0 Å². The van der Waals surface area contributed by atoms with Gasteiger partial charge in [0, 0.05) is 12.6 Å². The number of hydrogen-bond donors (Lipinski definition) is 2. The number of carbonyl (C=O) groups is 2. The summed E-state index contributed by atoms with van der Waals surface area (Å²) < 4.78 is 0. The van der Waals surface area contributed by atoms with Crippen LogP contribution in [0.3, 0.4) is 0 Å². The van der Waals surface area contributed by atoms with E-state index in [-0.39, 0.29) is 16.9 Å². The second-order valence-corrected chi connectivity index (χ2v) is 6.04. The van der Waals surface area contributed by atoms with Crippen LogP contribution < -0.4 is 10.6 Å². The van der Waals surface area contributed by atoms with Crippen molar-refractivity contribution >= 4 is 12.8 Å². The van der Waals surface area contributed by atoms with Crippen LogP contribution in [0.25, 0.3) is 0 Å². The lowest BCUT2D eigenvalue weighted by atomic mass is 9.62. The highest BCUT2D eigenvalue weighted by atomic mass is 16.1. The lowest BCUT2D eigenvalue weighted by Crippen LogP contribution is -2.48. The van der Waals surface area contributed by atoms with Crippen molar-refractivity contribution in [1.29, 1.82) is 0 Å². The van der Waals surface area contributed by atoms with Gasteiger partial charge in [-0.3, -0.25) is 9.59 Å². The number of carbonyl (C=O) groups excluding carboxylic acids is 2. The smallest absolute Gasteiger partial charge is 0.207 e. The van der Waals surface area contributed by atoms with E-state index in [1.54, 1.807) is 0 Å². The quantitative estimate of drug-likeness (QED) is 0.689. The number of hydrogen-bond acceptors (Lipinski definition) is 2. The molecule has 1 fully saturated rings. The normalized spacial score (nSPS) is 32.8. The van der Waals surface area contributed by atoms with Crippen LogP contribution in [0.2, 0.25) is 0 Å². The maximum atomic E-state index is 10.5. The zero-order valence-electron chi connectivity index (χ0n) is 10.4. The van der Waals surface area contributed by atoms with Gasteiger partial charge < -0.3 is 10.6 Å². The van der Waals surface area contributed by atoms with Crippen LogP contribution in [-0.2, 0) is 9.59 Å². The summed E-state index contributed by atoms with van der Waals surface area (Å²) in [4.78, 5) is 20.9. The number of nitrogens with one attached hydrogen (secondary N) is 2. The van der Waals surface area contributed by atoms with Gasteiger partial charge in [-0.25, -0.2) is 0 Å². The van der Waals surface area contributed by atoms with Crippen molar-refractivity contribution in [2.24, 2.45) is 10.8 Å². The molecule has 1 aliphatic rings. The predicted octanol–water partition coefficient (Wildman–Crippen LogP) is 1.06. The summed E-state index contributed by atoms with van der Waals surface area (Å²) in [5.41, 5.74) is 0.279. The molecule has 0 radical (unpaired) electrons. The number of amides is 2. The molecule has 4 nitrogen and oxygen atoms in total. The largest absolute Gasteiger partial charge is 0.358 e. The maximum Gasteiger partial charge on any atom is 0.207 e. The zero-order valence-corrected chi connectivity index (χ0v) is 10.4. The highest BCUT2D eigenvalue weighted by Crippen LogP contribution is 2.45. The molecule has 0 bridgehead atoms. The van der Waals surface area contributed by atoms with Crippen LogP contribution >= 0.6 is 0 Å². The fourth-order valence-corrected chi connectivity index (χ4v) is 3.27. The van der Waals surface area contributed by atoms with Gasteiger partial charge in [-0.2, -0.15) is 0 Å². The Hall–Kier alpha value is -1.06. The Labute approximate surface area is 97.2 Å². The Morgan fingerprint density at radius 2 is 1.88 bits per heavy atom. The number of rotatable bonds is 5. The van der Waals surface area contributed by atoms with Gasteiger partial charge in [-0.05, 0) is 30.1 Å². The Kier molecular flexibility index (Phi) is 3.94. The summed E-state index contributed by atoms with van der Waals surface area (Å²) in [6, 6.07) is 0.222. The molecular formula is C12H22N2O2. The molecule has 0 saturated heterocycles. The third-order valence-electron chi connectivity index (χ3n) is 3.36. The standard InChI is InChI=1S/C12H22N2O2/c1-11(2)4-10(14-9-16)5-12(3,6-11)7-13-8-15/h8-10H,4-7H2,1-3H3,(H,13,15)(H,14,16). The lowest BCUT2D eigenvalue weighted by molar-refractivity contribution is -0.112. The van der Waals surface area contributed by atoms with Crippen molar-refractivity contribution in [1.82, 2.24) is 10.6 Å². The molecule has 2 unspecified atom stereocenters. The monoisotopic (exact) mass is 226 g/mol. The van der Waals surface area contributed by atoms with Gasteiger partial charge in [0.1, 0.15) is 0 Å². The summed E-state index contributed by atoms with van der Waals surface area (Å²) in [5, 5.41) is 5.64. The van der Waals surface area contributed by atoms with E-state index < -0.39 is 0 Å². The van der Waals surface area contributed by atoms with E-state index in [1.165, 1.54) is 0 Å². The lowest BCUT2D eigenvalue weighted by Gasteiger charge is -2.46. The Morgan fingerprint density at radius 3 is 2.44 bits per heavy atom. The van der Waals surface area contributed by atoms with Crippen molar-refractivity contribution < 1.29 is 9.59 Å². The van der Waals surface area contributed by atoms with Crippen LogP contribution in [0, 0.1) is 10.8 Å². The summed E-state index contributed by atoms with van der Waals surface area (Å²) in [7, 11) is 0. The predicted molar refractivity (Wildman–Crippen MR) is 62.8 cm³/mol. The Bertz CT molecular complexity index is 266. The van der Waals surface area contributed by atoms with Crippen LogP contribution in [-0.4, -0.2) is 25.4 Å². The minimum absolute atomic E-state index is 0.0728. The average molecular weight is 226 g/mol. The summed E-state index contributed by atoms with van der Waals surface area (Å²) in [5.74, 6) is 0. The van der Waals surface area contributed by atoms with Crippen molar-refractivity contribution in [3.8, 4) is 0 Å². The molecule has 0 spiro atoms. The van der Waals surface area contributed by atoms with E-state index in [0.29, 0.717) is 6.54 Å². The summed E-state index contributed by atoms with van der Waals surface area (Å²) in [6.45, 7) is 7.27. The van der Waals surface area contributed by atoms with E-state index >= 15 is 0 Å². The first kappa shape index (κ1) is 13.0. The van der Waals surface area contributed by atoms with E-state index in [0.717, 1.165) is 32.1 Å². The fraction of sp³-hybridized carbons (Fsp3) is 0.833. The maximum absolute atomic E-state index is 10.5. The molecule has 16 heavy (non-hydrogen) atoms. The molecule has 92 valence electrons. The second-order valence-electron chi connectivity index (χ2n) is 6.04. The molecule has 0 aliphatic heterocycles. The van der Waals surface area contributed by atoms with E-state index in [9.17, 15) is 9.59 Å². The molecule has 2 N–H and O–H groups in total. The van der Waals surface area contributed by atoms with Crippen LogP contribution in [0.15, 0.2) is 0 Å². The Morgan fingerprint density at radius 1 is 1.19 bits per heavy atom. The van der Waals surface area contributed by atoms with Crippen LogP contribution in [0.1, 0.15) is 40.0 Å². The molecule has 0 heterocycles. The molecule has 4 heteroatoms. The SMILES string of the molecule is CC1(C)CC(NC=O)CC(C)(CNC=O)C1. The highest BCUT2D eigenvalue weighted by molar-refractivity contribution is 5.47. The van der Waals surface area contributed by atoms with Crippen molar-refractivity contribution in [2.75, 3.05) is 6.54 Å². The molecule has 1 aliphatic carbocycles. The third-order valence-corrected chi connectivity index (χ3v) is 3.36.